The Balaban J connectivity index is 1.30. The van der Waals surface area contributed by atoms with Gasteiger partial charge in [-0.05, 0) is 42.2 Å². The van der Waals surface area contributed by atoms with Crippen LogP contribution in [0.4, 0.5) is 5.82 Å². The van der Waals surface area contributed by atoms with E-state index in [1.54, 1.807) is 10.9 Å². The maximum Gasteiger partial charge on any atom is 0.338 e. The van der Waals surface area contributed by atoms with E-state index >= 15 is 0 Å². The van der Waals surface area contributed by atoms with Gasteiger partial charge in [-0.1, -0.05) is 6.07 Å². The van der Waals surface area contributed by atoms with Crippen molar-refractivity contribution in [2.45, 2.75) is 24.4 Å². The Morgan fingerprint density at radius 1 is 1.26 bits per heavy atom. The van der Waals surface area contributed by atoms with Gasteiger partial charge in [0, 0.05) is 25.0 Å². The van der Waals surface area contributed by atoms with Gasteiger partial charge in [0.2, 0.25) is 0 Å². The van der Waals surface area contributed by atoms with Crippen molar-refractivity contribution in [1.82, 2.24) is 14.8 Å². The van der Waals surface area contributed by atoms with Crippen LogP contribution in [0.2, 0.25) is 0 Å². The SMILES string of the molecule is O=C(O)c1cnn(C2(c3ccc(N4CC5C6C5C64)nc3)CC2)c1. The number of carboxylic acids is 1. The van der Waals surface area contributed by atoms with E-state index < -0.39 is 5.97 Å². The molecule has 4 heterocycles. The van der Waals surface area contributed by atoms with Gasteiger partial charge in [0.25, 0.3) is 0 Å². The number of carbonyl (C=O) groups is 1. The summed E-state index contributed by atoms with van der Waals surface area (Å²) in [6.45, 7) is 1.18. The second-order valence-electron chi connectivity index (χ2n) is 7.38. The molecule has 2 saturated heterocycles. The minimum atomic E-state index is -0.934. The fourth-order valence-electron chi connectivity index (χ4n) is 4.65. The molecule has 5 aliphatic rings. The highest BCUT2D eigenvalue weighted by Gasteiger charge is 2.80. The number of aromatic carboxylic acids is 1. The minimum absolute atomic E-state index is 0.197. The molecule has 6 nitrogen and oxygen atoms in total. The molecular weight excluding hydrogens is 292 g/mol. The van der Waals surface area contributed by atoms with Crippen LogP contribution >= 0.6 is 0 Å². The van der Waals surface area contributed by atoms with Crippen LogP contribution in [0.25, 0.3) is 0 Å². The number of aromatic nitrogens is 3. The Bertz CT molecular complexity index is 822. The van der Waals surface area contributed by atoms with Gasteiger partial charge in [0.1, 0.15) is 5.82 Å². The second-order valence-corrected chi connectivity index (χ2v) is 7.38. The van der Waals surface area contributed by atoms with E-state index in [9.17, 15) is 4.79 Å². The molecule has 3 aliphatic carbocycles. The van der Waals surface area contributed by atoms with E-state index in [1.165, 1.54) is 12.7 Å². The van der Waals surface area contributed by atoms with Crippen molar-refractivity contribution >= 4 is 11.8 Å². The van der Waals surface area contributed by atoms with Crippen molar-refractivity contribution in [3.05, 3.63) is 41.9 Å². The molecule has 3 saturated carbocycles. The highest BCUT2D eigenvalue weighted by Crippen LogP contribution is 2.75. The molecule has 2 aromatic heterocycles. The van der Waals surface area contributed by atoms with E-state index in [-0.39, 0.29) is 11.1 Å². The number of hydrogen-bond donors (Lipinski definition) is 1. The Morgan fingerprint density at radius 2 is 2.09 bits per heavy atom. The highest BCUT2D eigenvalue weighted by atomic mass is 16.4. The van der Waals surface area contributed by atoms with Crippen LogP contribution < -0.4 is 4.90 Å². The molecular formula is C17H16N4O2. The van der Waals surface area contributed by atoms with Crippen LogP contribution in [-0.4, -0.2) is 38.4 Å². The zero-order valence-corrected chi connectivity index (χ0v) is 12.5. The molecule has 0 radical (unpaired) electrons. The first-order chi connectivity index (χ1) is 11.2. The molecule has 1 N–H and O–H groups in total. The lowest BCUT2D eigenvalue weighted by Crippen LogP contribution is -2.23. The molecule has 0 amide bonds. The Labute approximate surface area is 132 Å². The summed E-state index contributed by atoms with van der Waals surface area (Å²) in [5.74, 6) is 3.06. The lowest BCUT2D eigenvalue weighted by Gasteiger charge is -2.20. The summed E-state index contributed by atoms with van der Waals surface area (Å²) in [4.78, 5) is 18.2. The number of fused-ring (bicyclic) bond motifs is 1. The van der Waals surface area contributed by atoms with Gasteiger partial charge in [-0.25, -0.2) is 9.78 Å². The number of nitrogens with zero attached hydrogens (tertiary/aromatic N) is 4. The fourth-order valence-corrected chi connectivity index (χ4v) is 4.65. The lowest BCUT2D eigenvalue weighted by atomic mass is 10.1. The number of piperidine rings is 1. The number of rotatable bonds is 4. The van der Waals surface area contributed by atoms with Crippen molar-refractivity contribution in [2.24, 2.45) is 17.8 Å². The van der Waals surface area contributed by atoms with Crippen molar-refractivity contribution in [3.63, 3.8) is 0 Å². The third-order valence-electron chi connectivity index (χ3n) is 6.28. The quantitative estimate of drug-likeness (QED) is 0.928. The average Bonchev–Trinajstić information content (AvgIpc) is 3.51. The molecule has 0 aromatic carbocycles. The van der Waals surface area contributed by atoms with E-state index in [0.717, 1.165) is 48.0 Å². The first-order valence-electron chi connectivity index (χ1n) is 8.21. The standard InChI is InChI=1S/C17H16N4O2/c22-16(23)9-5-19-21(7-9)17(3-4-17)10-1-2-12(18-6-10)20-8-11-13-14(11)15(13)20/h1-2,5-7,11,13-15H,3-4,8H2,(H,22,23). The van der Waals surface area contributed by atoms with Gasteiger partial charge in [-0.2, -0.15) is 5.10 Å². The number of hydrogen-bond acceptors (Lipinski definition) is 4. The molecule has 2 aliphatic heterocycles. The summed E-state index contributed by atoms with van der Waals surface area (Å²) in [6.07, 6.45) is 6.96. The van der Waals surface area contributed by atoms with Crippen molar-refractivity contribution in [1.29, 1.82) is 0 Å². The Kier molecular flexibility index (Phi) is 1.88. The minimum Gasteiger partial charge on any atom is -0.478 e. The zero-order chi connectivity index (χ0) is 15.3. The second kappa shape index (κ2) is 3.58. The average molecular weight is 308 g/mol. The van der Waals surface area contributed by atoms with Gasteiger partial charge >= 0.3 is 5.97 Å². The summed E-state index contributed by atoms with van der Waals surface area (Å²) in [5, 5.41) is 13.3. The summed E-state index contributed by atoms with van der Waals surface area (Å²) in [6, 6.07) is 5.04. The molecule has 2 unspecified atom stereocenters. The lowest BCUT2D eigenvalue weighted by molar-refractivity contribution is 0.0696. The van der Waals surface area contributed by atoms with Crippen LogP contribution in [-0.2, 0) is 5.54 Å². The highest BCUT2D eigenvalue weighted by molar-refractivity contribution is 5.86. The largest absolute Gasteiger partial charge is 0.478 e. The zero-order valence-electron chi connectivity index (χ0n) is 12.5. The fraction of sp³-hybridized carbons (Fsp3) is 0.471. The van der Waals surface area contributed by atoms with E-state index in [4.69, 9.17) is 10.1 Å². The van der Waals surface area contributed by atoms with Gasteiger partial charge in [-0.15, -0.1) is 0 Å². The van der Waals surface area contributed by atoms with Crippen LogP contribution in [0.1, 0.15) is 28.8 Å². The number of anilines is 1. The van der Waals surface area contributed by atoms with E-state index in [2.05, 4.69) is 22.1 Å². The van der Waals surface area contributed by atoms with Gasteiger partial charge < -0.3 is 10.0 Å². The molecule has 0 spiro atoms. The summed E-state index contributed by atoms with van der Waals surface area (Å²) in [7, 11) is 0. The molecule has 116 valence electrons. The normalized spacial score (nSPS) is 34.2. The molecule has 2 bridgehead atoms. The smallest absolute Gasteiger partial charge is 0.338 e. The number of pyridine rings is 1. The Hall–Kier alpha value is -2.37. The molecule has 2 atom stereocenters. The van der Waals surface area contributed by atoms with Gasteiger partial charge in [0.15, 0.2) is 0 Å². The third-order valence-corrected chi connectivity index (χ3v) is 6.28. The maximum absolute atomic E-state index is 11.1. The molecule has 7 rings (SSSR count). The van der Waals surface area contributed by atoms with Crippen molar-refractivity contribution < 1.29 is 9.90 Å². The monoisotopic (exact) mass is 308 g/mol. The van der Waals surface area contributed by atoms with Crippen LogP contribution in [0.3, 0.4) is 0 Å². The van der Waals surface area contributed by atoms with Gasteiger partial charge in [0.05, 0.1) is 17.3 Å². The van der Waals surface area contributed by atoms with E-state index in [1.807, 2.05) is 6.20 Å². The maximum atomic E-state index is 11.1. The number of carboxylic acid groups (broad SMARTS) is 1. The van der Waals surface area contributed by atoms with Crippen LogP contribution in [0.5, 0.6) is 0 Å². The van der Waals surface area contributed by atoms with Gasteiger partial charge in [-0.3, -0.25) is 4.68 Å². The van der Waals surface area contributed by atoms with E-state index in [0.29, 0.717) is 0 Å². The first-order valence-corrected chi connectivity index (χ1v) is 8.21. The summed E-state index contributed by atoms with van der Waals surface area (Å²) in [5.41, 5.74) is 1.17. The predicted octanol–water partition coefficient (Wildman–Crippen LogP) is 1.58. The predicted molar refractivity (Wildman–Crippen MR) is 81.3 cm³/mol. The molecule has 6 heteroatoms. The third kappa shape index (κ3) is 1.42. The molecule has 2 aromatic rings. The summed E-state index contributed by atoms with van der Waals surface area (Å²) < 4.78 is 1.80. The van der Waals surface area contributed by atoms with Crippen LogP contribution in [0.15, 0.2) is 30.7 Å². The topological polar surface area (TPSA) is 71.2 Å². The first kappa shape index (κ1) is 12.1. The van der Waals surface area contributed by atoms with Crippen molar-refractivity contribution in [2.75, 3.05) is 11.4 Å². The molecule has 23 heavy (non-hydrogen) atoms. The summed E-state index contributed by atoms with van der Waals surface area (Å²) >= 11 is 0. The Morgan fingerprint density at radius 3 is 2.61 bits per heavy atom. The van der Waals surface area contributed by atoms with Crippen LogP contribution in [0, 0.1) is 17.8 Å². The van der Waals surface area contributed by atoms with Crippen molar-refractivity contribution in [3.8, 4) is 0 Å². The molecule has 5 fully saturated rings.